The normalized spacial score (nSPS) is 11.0. The minimum Gasteiger partial charge on any atom is -0.367 e. The Morgan fingerprint density at radius 1 is 1.12 bits per heavy atom. The van der Waals surface area contributed by atoms with Crippen molar-refractivity contribution in [1.82, 2.24) is 19.4 Å². The summed E-state index contributed by atoms with van der Waals surface area (Å²) >= 11 is 8.63. The first-order valence-electron chi connectivity index (χ1n) is 8.13. The van der Waals surface area contributed by atoms with E-state index < -0.39 is 0 Å². The zero-order chi connectivity index (χ0) is 17.9. The van der Waals surface area contributed by atoms with E-state index in [9.17, 15) is 0 Å². The molecule has 26 heavy (non-hydrogen) atoms. The van der Waals surface area contributed by atoms with E-state index in [1.807, 2.05) is 53.2 Å². The Labute approximate surface area is 169 Å². The third-order valence-electron chi connectivity index (χ3n) is 4.05. The number of anilines is 1. The second-order valence-corrected chi connectivity index (χ2v) is 7.27. The Bertz CT molecular complexity index is 1050. The molecule has 0 saturated heterocycles. The molecule has 5 nitrogen and oxygen atoms in total. The highest BCUT2D eigenvalue weighted by Gasteiger charge is 2.13. The summed E-state index contributed by atoms with van der Waals surface area (Å²) in [5.41, 5.74) is 3.74. The summed E-state index contributed by atoms with van der Waals surface area (Å²) in [5.74, 6) is 0.749. The lowest BCUT2D eigenvalue weighted by Crippen LogP contribution is -2.09. The highest BCUT2D eigenvalue weighted by Crippen LogP contribution is 2.29. The first-order chi connectivity index (χ1) is 12.7. The molecule has 1 aromatic carbocycles. The molecule has 130 valence electrons. The van der Waals surface area contributed by atoms with Crippen molar-refractivity contribution in [3.8, 4) is 11.3 Å². The second-order valence-electron chi connectivity index (χ2n) is 5.76. The number of benzene rings is 1. The molecule has 0 bridgehead atoms. The largest absolute Gasteiger partial charge is 0.367 e. The second kappa shape index (κ2) is 7.59. The van der Waals surface area contributed by atoms with Crippen LogP contribution in [0.3, 0.4) is 0 Å². The zero-order valence-electron chi connectivity index (χ0n) is 13.7. The summed E-state index contributed by atoms with van der Waals surface area (Å²) in [4.78, 5) is 13.3. The third kappa shape index (κ3) is 3.52. The fourth-order valence-electron chi connectivity index (χ4n) is 2.75. The lowest BCUT2D eigenvalue weighted by Gasteiger charge is -2.11. The molecule has 0 fully saturated rings. The molecule has 0 unspecified atom stereocenters. The first kappa shape index (κ1) is 17.2. The van der Waals surface area contributed by atoms with Crippen LogP contribution in [0, 0.1) is 3.70 Å². The topological polar surface area (TPSA) is 55.1 Å². The van der Waals surface area contributed by atoms with Gasteiger partial charge in [-0.25, -0.2) is 9.97 Å². The maximum absolute atomic E-state index is 6.37. The maximum atomic E-state index is 6.37. The fourth-order valence-corrected chi connectivity index (χ4v) is 3.49. The SMILES string of the molecule is Clc1ccccc1-c1cn2c(I)cnc2c(NCCc2ccncc2)n1. The van der Waals surface area contributed by atoms with Crippen LogP contribution in [0.2, 0.25) is 5.02 Å². The summed E-state index contributed by atoms with van der Waals surface area (Å²) in [6.07, 6.45) is 8.30. The van der Waals surface area contributed by atoms with Crippen LogP contribution < -0.4 is 5.32 Å². The van der Waals surface area contributed by atoms with Crippen molar-refractivity contribution in [2.75, 3.05) is 11.9 Å². The van der Waals surface area contributed by atoms with E-state index in [-0.39, 0.29) is 0 Å². The van der Waals surface area contributed by atoms with E-state index in [2.05, 4.69) is 37.9 Å². The first-order valence-corrected chi connectivity index (χ1v) is 9.59. The van der Waals surface area contributed by atoms with Gasteiger partial charge in [0, 0.05) is 30.7 Å². The molecular formula is C19H15ClIN5. The minimum atomic E-state index is 0.678. The maximum Gasteiger partial charge on any atom is 0.180 e. The highest BCUT2D eigenvalue weighted by molar-refractivity contribution is 14.1. The Kier molecular flexibility index (Phi) is 5.03. The summed E-state index contributed by atoms with van der Waals surface area (Å²) < 4.78 is 3.05. The molecule has 0 amide bonds. The Morgan fingerprint density at radius 3 is 2.73 bits per heavy atom. The molecule has 0 radical (unpaired) electrons. The van der Waals surface area contributed by atoms with Gasteiger partial charge in [0.1, 0.15) is 3.70 Å². The van der Waals surface area contributed by atoms with Crippen molar-refractivity contribution in [3.05, 3.63) is 75.5 Å². The van der Waals surface area contributed by atoms with Crippen molar-refractivity contribution in [2.24, 2.45) is 0 Å². The lowest BCUT2D eigenvalue weighted by atomic mass is 10.1. The van der Waals surface area contributed by atoms with Crippen molar-refractivity contribution in [2.45, 2.75) is 6.42 Å². The van der Waals surface area contributed by atoms with E-state index in [0.29, 0.717) is 5.02 Å². The van der Waals surface area contributed by atoms with Crippen molar-refractivity contribution < 1.29 is 0 Å². The van der Waals surface area contributed by atoms with Gasteiger partial charge < -0.3 is 5.32 Å². The smallest absolute Gasteiger partial charge is 0.180 e. The van der Waals surface area contributed by atoms with E-state index in [1.54, 1.807) is 12.4 Å². The molecule has 3 aromatic heterocycles. The molecular weight excluding hydrogens is 461 g/mol. The molecule has 4 aromatic rings. The Balaban J connectivity index is 1.68. The number of nitrogens with one attached hydrogen (secondary N) is 1. The standard InChI is InChI=1S/C19H15ClIN5/c20-15-4-2-1-3-14(15)16-12-26-17(21)11-24-19(26)18(25-16)23-10-7-13-5-8-22-9-6-13/h1-6,8-9,11-12H,7,10H2,(H,23,25). The van der Waals surface area contributed by atoms with Gasteiger partial charge in [0.25, 0.3) is 0 Å². The number of hydrogen-bond acceptors (Lipinski definition) is 4. The van der Waals surface area contributed by atoms with Crippen LogP contribution in [-0.4, -0.2) is 25.9 Å². The van der Waals surface area contributed by atoms with Crippen LogP contribution >= 0.6 is 34.2 Å². The van der Waals surface area contributed by atoms with Crippen LogP contribution in [0.25, 0.3) is 16.9 Å². The number of hydrogen-bond donors (Lipinski definition) is 1. The number of halogens is 2. The van der Waals surface area contributed by atoms with E-state index >= 15 is 0 Å². The molecule has 3 heterocycles. The molecule has 0 aliphatic rings. The van der Waals surface area contributed by atoms with Gasteiger partial charge in [-0.2, -0.15) is 0 Å². The number of fused-ring (bicyclic) bond motifs is 1. The average molecular weight is 476 g/mol. The Hall–Kier alpha value is -2.19. The van der Waals surface area contributed by atoms with E-state index in [1.165, 1.54) is 5.56 Å². The molecule has 0 spiro atoms. The summed E-state index contributed by atoms with van der Waals surface area (Å²) in [7, 11) is 0. The molecule has 0 atom stereocenters. The Morgan fingerprint density at radius 2 is 1.92 bits per heavy atom. The number of pyridine rings is 1. The van der Waals surface area contributed by atoms with E-state index in [0.717, 1.165) is 39.4 Å². The van der Waals surface area contributed by atoms with Gasteiger partial charge in [0.05, 0.1) is 16.9 Å². The molecule has 7 heteroatoms. The molecule has 0 saturated carbocycles. The fraction of sp³-hybridized carbons (Fsp3) is 0.105. The van der Waals surface area contributed by atoms with Gasteiger partial charge in [0.2, 0.25) is 0 Å². The number of rotatable bonds is 5. The average Bonchev–Trinajstić information content (AvgIpc) is 3.04. The highest BCUT2D eigenvalue weighted by atomic mass is 127. The van der Waals surface area contributed by atoms with Gasteiger partial charge in [-0.15, -0.1) is 0 Å². The predicted molar refractivity (Wildman–Crippen MR) is 113 cm³/mol. The lowest BCUT2D eigenvalue weighted by molar-refractivity contribution is 0.992. The number of nitrogens with zero attached hydrogens (tertiary/aromatic N) is 4. The van der Waals surface area contributed by atoms with Gasteiger partial charge in [0.15, 0.2) is 11.5 Å². The molecule has 0 aliphatic carbocycles. The summed E-state index contributed by atoms with van der Waals surface area (Å²) in [6.45, 7) is 0.752. The van der Waals surface area contributed by atoms with Crippen LogP contribution in [0.15, 0.2) is 61.2 Å². The number of imidazole rings is 1. The molecule has 4 rings (SSSR count). The number of aromatic nitrogens is 4. The van der Waals surface area contributed by atoms with Gasteiger partial charge in [-0.3, -0.25) is 9.38 Å². The zero-order valence-corrected chi connectivity index (χ0v) is 16.6. The quantitative estimate of drug-likeness (QED) is 0.425. The minimum absolute atomic E-state index is 0.678. The third-order valence-corrected chi connectivity index (χ3v) is 5.18. The van der Waals surface area contributed by atoms with Crippen molar-refractivity contribution in [3.63, 3.8) is 0 Å². The van der Waals surface area contributed by atoms with Gasteiger partial charge in [-0.05, 0) is 52.8 Å². The van der Waals surface area contributed by atoms with Crippen molar-refractivity contribution in [1.29, 1.82) is 0 Å². The summed E-state index contributed by atoms with van der Waals surface area (Å²) in [5, 5.41) is 4.10. The van der Waals surface area contributed by atoms with Crippen LogP contribution in [0.1, 0.15) is 5.56 Å². The van der Waals surface area contributed by atoms with E-state index in [4.69, 9.17) is 16.6 Å². The molecule has 1 N–H and O–H groups in total. The van der Waals surface area contributed by atoms with Crippen LogP contribution in [-0.2, 0) is 6.42 Å². The van der Waals surface area contributed by atoms with Gasteiger partial charge >= 0.3 is 0 Å². The molecule has 0 aliphatic heterocycles. The van der Waals surface area contributed by atoms with Crippen LogP contribution in [0.5, 0.6) is 0 Å². The van der Waals surface area contributed by atoms with Crippen molar-refractivity contribution >= 4 is 45.7 Å². The van der Waals surface area contributed by atoms with Gasteiger partial charge in [-0.1, -0.05) is 29.8 Å². The summed E-state index contributed by atoms with van der Waals surface area (Å²) in [6, 6.07) is 11.8. The van der Waals surface area contributed by atoms with Crippen LogP contribution in [0.4, 0.5) is 5.82 Å². The monoisotopic (exact) mass is 475 g/mol. The predicted octanol–water partition coefficient (Wildman–Crippen LogP) is 4.70.